The predicted octanol–water partition coefficient (Wildman–Crippen LogP) is 4.91. The van der Waals surface area contributed by atoms with E-state index in [2.05, 4.69) is 34.1 Å². The van der Waals surface area contributed by atoms with Gasteiger partial charge in [-0.15, -0.1) is 0 Å². The third kappa shape index (κ3) is 3.49. The SMILES string of the molecule is C=CCOc1c(I)cc(C2C3=C(CCCC3=O)N(C)C3=C2C(=O)CCC3)cc1OC. The molecular formula is C24H26INO4. The maximum absolute atomic E-state index is 13.1. The van der Waals surface area contributed by atoms with Crippen LogP contribution in [0, 0.1) is 3.57 Å². The minimum atomic E-state index is -0.331. The van der Waals surface area contributed by atoms with Crippen molar-refractivity contribution in [2.75, 3.05) is 20.8 Å². The summed E-state index contributed by atoms with van der Waals surface area (Å²) in [5.41, 5.74) is 4.64. The van der Waals surface area contributed by atoms with Crippen LogP contribution in [0.3, 0.4) is 0 Å². The maximum atomic E-state index is 13.1. The van der Waals surface area contributed by atoms with E-state index in [-0.39, 0.29) is 17.5 Å². The molecule has 0 saturated carbocycles. The number of hydrogen-bond donors (Lipinski definition) is 0. The van der Waals surface area contributed by atoms with Crippen molar-refractivity contribution < 1.29 is 19.1 Å². The van der Waals surface area contributed by atoms with Crippen molar-refractivity contribution in [3.63, 3.8) is 0 Å². The van der Waals surface area contributed by atoms with Crippen LogP contribution in [-0.4, -0.2) is 37.2 Å². The van der Waals surface area contributed by atoms with Gasteiger partial charge in [-0.3, -0.25) is 9.59 Å². The molecule has 6 heteroatoms. The Morgan fingerprint density at radius 1 is 1.10 bits per heavy atom. The molecule has 0 N–H and O–H groups in total. The molecule has 3 aliphatic rings. The molecule has 0 saturated heterocycles. The fraction of sp³-hybridized carbons (Fsp3) is 0.417. The number of Topliss-reactive ketones (excluding diaryl/α,β-unsaturated/α-hetero) is 2. The zero-order chi connectivity index (χ0) is 21.4. The summed E-state index contributed by atoms with van der Waals surface area (Å²) in [4.78, 5) is 28.3. The van der Waals surface area contributed by atoms with Crippen molar-refractivity contribution >= 4 is 34.2 Å². The molecular weight excluding hydrogens is 493 g/mol. The molecule has 1 aromatic carbocycles. The molecule has 2 aliphatic carbocycles. The molecule has 4 rings (SSSR count). The second-order valence-electron chi connectivity index (χ2n) is 7.90. The van der Waals surface area contributed by atoms with E-state index in [9.17, 15) is 9.59 Å². The lowest BCUT2D eigenvalue weighted by Gasteiger charge is -2.42. The number of halogens is 1. The Labute approximate surface area is 190 Å². The van der Waals surface area contributed by atoms with Crippen LogP contribution in [0.2, 0.25) is 0 Å². The molecule has 0 fully saturated rings. The van der Waals surface area contributed by atoms with Crippen LogP contribution in [0.4, 0.5) is 0 Å². The summed E-state index contributed by atoms with van der Waals surface area (Å²) < 4.78 is 12.3. The summed E-state index contributed by atoms with van der Waals surface area (Å²) in [6.45, 7) is 4.08. The summed E-state index contributed by atoms with van der Waals surface area (Å²) >= 11 is 2.23. The molecule has 0 spiro atoms. The van der Waals surface area contributed by atoms with E-state index in [4.69, 9.17) is 9.47 Å². The van der Waals surface area contributed by atoms with E-state index in [1.807, 2.05) is 19.2 Å². The number of carbonyl (C=O) groups is 2. The van der Waals surface area contributed by atoms with Gasteiger partial charge in [0, 0.05) is 48.3 Å². The van der Waals surface area contributed by atoms with E-state index in [1.54, 1.807) is 13.2 Å². The lowest BCUT2D eigenvalue weighted by molar-refractivity contribution is -0.117. The molecule has 5 nitrogen and oxygen atoms in total. The zero-order valence-electron chi connectivity index (χ0n) is 17.4. The number of benzene rings is 1. The zero-order valence-corrected chi connectivity index (χ0v) is 19.6. The van der Waals surface area contributed by atoms with Crippen LogP contribution >= 0.6 is 22.6 Å². The first-order chi connectivity index (χ1) is 14.5. The average molecular weight is 519 g/mol. The fourth-order valence-electron chi connectivity index (χ4n) is 4.87. The lowest BCUT2D eigenvalue weighted by atomic mass is 9.71. The molecule has 0 amide bonds. The van der Waals surface area contributed by atoms with Crippen molar-refractivity contribution in [1.29, 1.82) is 0 Å². The molecule has 1 aliphatic heterocycles. The van der Waals surface area contributed by atoms with Crippen LogP contribution in [0.1, 0.15) is 50.0 Å². The topological polar surface area (TPSA) is 55.8 Å². The first kappa shape index (κ1) is 21.2. The molecule has 0 unspecified atom stereocenters. The van der Waals surface area contributed by atoms with Crippen LogP contribution in [0.15, 0.2) is 47.3 Å². The van der Waals surface area contributed by atoms with Crippen LogP contribution in [0.5, 0.6) is 11.5 Å². The molecule has 0 radical (unpaired) electrons. The summed E-state index contributed by atoms with van der Waals surface area (Å²) in [6.07, 6.45) is 6.22. The predicted molar refractivity (Wildman–Crippen MR) is 124 cm³/mol. The van der Waals surface area contributed by atoms with Gasteiger partial charge in [0.2, 0.25) is 0 Å². The Balaban J connectivity index is 1.92. The summed E-state index contributed by atoms with van der Waals surface area (Å²) in [5, 5.41) is 0. The minimum absolute atomic E-state index is 0.152. The van der Waals surface area contributed by atoms with Gasteiger partial charge in [-0.25, -0.2) is 0 Å². The van der Waals surface area contributed by atoms with E-state index in [1.165, 1.54) is 0 Å². The Morgan fingerprint density at radius 2 is 1.70 bits per heavy atom. The molecule has 0 atom stereocenters. The summed E-state index contributed by atoms with van der Waals surface area (Å²) in [7, 11) is 3.62. The molecule has 158 valence electrons. The third-order valence-corrected chi connectivity index (χ3v) is 6.98. The van der Waals surface area contributed by atoms with Crippen LogP contribution < -0.4 is 9.47 Å². The number of allylic oxidation sites excluding steroid dienone is 4. The minimum Gasteiger partial charge on any atom is -0.493 e. The average Bonchev–Trinajstić information content (AvgIpc) is 2.74. The monoisotopic (exact) mass is 519 g/mol. The smallest absolute Gasteiger partial charge is 0.174 e. The largest absolute Gasteiger partial charge is 0.493 e. The Hall–Kier alpha value is -2.09. The summed E-state index contributed by atoms with van der Waals surface area (Å²) in [6, 6.07) is 3.95. The number of ether oxygens (including phenoxy) is 2. The second kappa shape index (κ2) is 8.57. The van der Waals surface area contributed by atoms with Gasteiger partial charge in [0.15, 0.2) is 23.1 Å². The van der Waals surface area contributed by atoms with Crippen molar-refractivity contribution in [3.8, 4) is 11.5 Å². The molecule has 0 bridgehead atoms. The van der Waals surface area contributed by atoms with E-state index < -0.39 is 0 Å². The van der Waals surface area contributed by atoms with Gasteiger partial charge in [-0.05, 0) is 66.0 Å². The Morgan fingerprint density at radius 3 is 2.23 bits per heavy atom. The molecule has 30 heavy (non-hydrogen) atoms. The highest BCUT2D eigenvalue weighted by Gasteiger charge is 2.42. The highest BCUT2D eigenvalue weighted by Crippen LogP contribution is 2.50. The van der Waals surface area contributed by atoms with Crippen molar-refractivity contribution in [2.45, 2.75) is 44.4 Å². The van der Waals surface area contributed by atoms with E-state index in [0.29, 0.717) is 30.9 Å². The van der Waals surface area contributed by atoms with Crippen LogP contribution in [0.25, 0.3) is 0 Å². The number of nitrogens with zero attached hydrogens (tertiary/aromatic N) is 1. The number of rotatable bonds is 5. The number of hydrogen-bond acceptors (Lipinski definition) is 5. The number of methoxy groups -OCH3 is 1. The van der Waals surface area contributed by atoms with Crippen molar-refractivity contribution in [3.05, 3.63) is 56.5 Å². The second-order valence-corrected chi connectivity index (χ2v) is 9.06. The standard InChI is InChI=1S/C24H26INO4/c1-4-11-30-24-15(25)12-14(13-20(24)29-3)21-22-16(7-5-9-18(22)27)26(2)17-8-6-10-19(28)23(17)21/h4,12-13,21H,1,5-11H2,2-3H3. The van der Waals surface area contributed by atoms with Gasteiger partial charge in [-0.1, -0.05) is 12.7 Å². The highest BCUT2D eigenvalue weighted by molar-refractivity contribution is 14.1. The van der Waals surface area contributed by atoms with Gasteiger partial charge in [-0.2, -0.15) is 0 Å². The molecule has 0 aromatic heterocycles. The Kier molecular flexibility index (Phi) is 6.04. The van der Waals surface area contributed by atoms with Gasteiger partial charge >= 0.3 is 0 Å². The number of carbonyl (C=O) groups excluding carboxylic acids is 2. The molecule has 1 heterocycles. The third-order valence-electron chi connectivity index (χ3n) is 6.18. The van der Waals surface area contributed by atoms with Gasteiger partial charge in [0.1, 0.15) is 6.61 Å². The van der Waals surface area contributed by atoms with E-state index in [0.717, 1.165) is 57.4 Å². The lowest BCUT2D eigenvalue weighted by Crippen LogP contribution is -2.37. The van der Waals surface area contributed by atoms with Crippen molar-refractivity contribution in [2.24, 2.45) is 0 Å². The first-order valence-corrected chi connectivity index (χ1v) is 11.4. The fourth-order valence-corrected chi connectivity index (χ4v) is 5.66. The normalized spacial score (nSPS) is 19.6. The van der Waals surface area contributed by atoms with E-state index >= 15 is 0 Å². The van der Waals surface area contributed by atoms with Crippen LogP contribution in [-0.2, 0) is 9.59 Å². The van der Waals surface area contributed by atoms with Crippen molar-refractivity contribution in [1.82, 2.24) is 4.90 Å². The number of ketones is 2. The highest BCUT2D eigenvalue weighted by atomic mass is 127. The first-order valence-electron chi connectivity index (χ1n) is 10.3. The Bertz CT molecular complexity index is 947. The summed E-state index contributed by atoms with van der Waals surface area (Å²) in [5.74, 6) is 1.23. The van der Waals surface area contributed by atoms with Gasteiger partial charge in [0.05, 0.1) is 10.7 Å². The molecule has 1 aromatic rings. The van der Waals surface area contributed by atoms with Gasteiger partial charge < -0.3 is 14.4 Å². The van der Waals surface area contributed by atoms with Gasteiger partial charge in [0.25, 0.3) is 0 Å². The quantitative estimate of drug-likeness (QED) is 0.409. The maximum Gasteiger partial charge on any atom is 0.174 e.